The van der Waals surface area contributed by atoms with Crippen LogP contribution in [0.15, 0.2) is 42.5 Å². The third kappa shape index (κ3) is 3.61. The lowest BCUT2D eigenvalue weighted by Gasteiger charge is -2.31. The van der Waals surface area contributed by atoms with Crippen molar-refractivity contribution >= 4 is 35.2 Å². The number of para-hydroxylation sites is 2. The summed E-state index contributed by atoms with van der Waals surface area (Å²) in [4.78, 5) is 47.3. The molecule has 0 aliphatic carbocycles. The average Bonchev–Trinajstić information content (AvgIpc) is 2.66. The maximum Gasteiger partial charge on any atom is 0.311 e. The van der Waals surface area contributed by atoms with Gasteiger partial charge in [0.05, 0.1) is 16.3 Å². The Balaban J connectivity index is 1.86. The van der Waals surface area contributed by atoms with Gasteiger partial charge in [0.2, 0.25) is 5.91 Å². The largest absolute Gasteiger partial charge is 0.474 e. The molecule has 2 amide bonds. The predicted molar refractivity (Wildman–Crippen MR) is 96.0 cm³/mol. The van der Waals surface area contributed by atoms with E-state index in [4.69, 9.17) is 4.74 Å². The Morgan fingerprint density at radius 3 is 2.78 bits per heavy atom. The molecule has 3 rings (SSSR count). The first-order valence-electron chi connectivity index (χ1n) is 8.01. The van der Waals surface area contributed by atoms with Crippen LogP contribution >= 0.6 is 0 Å². The van der Waals surface area contributed by atoms with Gasteiger partial charge in [-0.05, 0) is 31.2 Å². The van der Waals surface area contributed by atoms with Crippen LogP contribution in [-0.4, -0.2) is 35.7 Å². The Hall–Kier alpha value is -3.75. The molecular weight excluding hydrogens is 354 g/mol. The third-order valence-electron chi connectivity index (χ3n) is 4.00. The van der Waals surface area contributed by atoms with Crippen molar-refractivity contribution in [3.05, 3.63) is 58.1 Å². The zero-order chi connectivity index (χ0) is 19.6. The van der Waals surface area contributed by atoms with E-state index in [9.17, 15) is 24.5 Å². The zero-order valence-electron chi connectivity index (χ0n) is 14.2. The summed E-state index contributed by atoms with van der Waals surface area (Å²) in [5.74, 6) is -1.01. The predicted octanol–water partition coefficient (Wildman–Crippen LogP) is 2.16. The minimum absolute atomic E-state index is 0.120. The van der Waals surface area contributed by atoms with Crippen LogP contribution in [0.3, 0.4) is 0 Å². The van der Waals surface area contributed by atoms with Crippen LogP contribution in [0.2, 0.25) is 0 Å². The van der Waals surface area contributed by atoms with Crippen molar-refractivity contribution in [1.82, 2.24) is 0 Å². The number of fused-ring (bicyclic) bond motifs is 1. The molecule has 1 atom stereocenters. The van der Waals surface area contributed by atoms with Gasteiger partial charge in [0.25, 0.3) is 5.91 Å². The molecule has 0 radical (unpaired) electrons. The van der Waals surface area contributed by atoms with Gasteiger partial charge in [-0.25, -0.2) is 0 Å². The van der Waals surface area contributed by atoms with Gasteiger partial charge >= 0.3 is 5.69 Å². The lowest BCUT2D eigenvalue weighted by molar-refractivity contribution is -0.386. The Morgan fingerprint density at radius 1 is 1.33 bits per heavy atom. The summed E-state index contributed by atoms with van der Waals surface area (Å²) >= 11 is 0. The number of nitrogens with one attached hydrogen (secondary N) is 1. The maximum atomic E-state index is 12.8. The Labute approximate surface area is 153 Å². The monoisotopic (exact) mass is 369 g/mol. The first-order valence-corrected chi connectivity index (χ1v) is 8.01. The van der Waals surface area contributed by atoms with Crippen LogP contribution in [0.25, 0.3) is 0 Å². The van der Waals surface area contributed by atoms with Crippen molar-refractivity contribution in [1.29, 1.82) is 0 Å². The first-order chi connectivity index (χ1) is 12.9. The highest BCUT2D eigenvalue weighted by Gasteiger charge is 2.31. The molecule has 0 saturated carbocycles. The summed E-state index contributed by atoms with van der Waals surface area (Å²) in [5.41, 5.74) is 0.713. The molecule has 2 aromatic carbocycles. The molecule has 0 spiro atoms. The molecule has 0 fully saturated rings. The molecule has 27 heavy (non-hydrogen) atoms. The highest BCUT2D eigenvalue weighted by molar-refractivity contribution is 6.10. The second-order valence-corrected chi connectivity index (χ2v) is 5.85. The van der Waals surface area contributed by atoms with Gasteiger partial charge in [0, 0.05) is 11.6 Å². The summed E-state index contributed by atoms with van der Waals surface area (Å²) in [6.07, 6.45) is -0.612. The Kier molecular flexibility index (Phi) is 4.84. The fourth-order valence-electron chi connectivity index (χ4n) is 2.74. The minimum atomic E-state index is -1.09. The third-order valence-corrected chi connectivity index (χ3v) is 4.00. The molecule has 1 heterocycles. The van der Waals surface area contributed by atoms with E-state index in [2.05, 4.69) is 5.32 Å². The van der Waals surface area contributed by atoms with Gasteiger partial charge in [-0.1, -0.05) is 12.1 Å². The fraction of sp³-hybridized carbons (Fsp3) is 0.167. The molecule has 0 aromatic heterocycles. The molecule has 0 saturated heterocycles. The number of carbonyl (C=O) groups is 3. The number of hydrogen-bond acceptors (Lipinski definition) is 6. The molecule has 0 unspecified atom stereocenters. The maximum absolute atomic E-state index is 12.8. The van der Waals surface area contributed by atoms with E-state index in [-0.39, 0.29) is 23.8 Å². The van der Waals surface area contributed by atoms with Crippen LogP contribution in [0, 0.1) is 10.1 Å². The fourth-order valence-corrected chi connectivity index (χ4v) is 2.74. The van der Waals surface area contributed by atoms with Crippen molar-refractivity contribution in [2.45, 2.75) is 13.0 Å². The normalized spacial score (nSPS) is 14.0. The van der Waals surface area contributed by atoms with E-state index in [0.717, 1.165) is 6.07 Å². The van der Waals surface area contributed by atoms with Crippen LogP contribution in [0.4, 0.5) is 17.1 Å². The van der Waals surface area contributed by atoms with Gasteiger partial charge in [-0.2, -0.15) is 0 Å². The van der Waals surface area contributed by atoms with E-state index >= 15 is 0 Å². The number of nitro benzene ring substituents is 1. The van der Waals surface area contributed by atoms with Gasteiger partial charge < -0.3 is 10.1 Å². The molecule has 1 aliphatic rings. The molecule has 9 nitrogen and oxygen atoms in total. The lowest BCUT2D eigenvalue weighted by atomic mass is 10.1. The van der Waals surface area contributed by atoms with Crippen LogP contribution < -0.4 is 15.0 Å². The summed E-state index contributed by atoms with van der Waals surface area (Å²) in [5, 5.41) is 13.9. The van der Waals surface area contributed by atoms with Crippen molar-refractivity contribution in [3.63, 3.8) is 0 Å². The van der Waals surface area contributed by atoms with E-state index in [1.807, 2.05) is 0 Å². The number of carbonyl (C=O) groups excluding carboxylic acids is 3. The van der Waals surface area contributed by atoms with E-state index in [1.165, 1.54) is 24.0 Å². The number of nitro groups is 1. The number of ether oxygens (including phenoxy) is 1. The SMILES string of the molecule is C[C@@H](Oc1ccc(C=O)cc1[N+](=O)[O-])C(=O)N1CC(=O)Nc2ccccc21. The van der Waals surface area contributed by atoms with Gasteiger partial charge in [-0.3, -0.25) is 29.4 Å². The van der Waals surface area contributed by atoms with Gasteiger partial charge in [0.1, 0.15) is 12.8 Å². The topological polar surface area (TPSA) is 119 Å². The number of benzene rings is 2. The molecule has 1 N–H and O–H groups in total. The first kappa shape index (κ1) is 18.1. The number of rotatable bonds is 5. The summed E-state index contributed by atoms with van der Waals surface area (Å²) < 4.78 is 5.49. The zero-order valence-corrected chi connectivity index (χ0v) is 14.2. The smallest absolute Gasteiger partial charge is 0.311 e. The summed E-state index contributed by atoms with van der Waals surface area (Å²) in [6, 6.07) is 10.5. The lowest BCUT2D eigenvalue weighted by Crippen LogP contribution is -2.47. The molecule has 0 bridgehead atoms. The summed E-state index contributed by atoms with van der Waals surface area (Å²) in [7, 11) is 0. The van der Waals surface area contributed by atoms with Gasteiger partial charge in [-0.15, -0.1) is 0 Å². The van der Waals surface area contributed by atoms with Crippen molar-refractivity contribution in [3.8, 4) is 5.75 Å². The number of hydrogen-bond donors (Lipinski definition) is 1. The second-order valence-electron chi connectivity index (χ2n) is 5.85. The molecule has 138 valence electrons. The second kappa shape index (κ2) is 7.24. The van der Waals surface area contributed by atoms with Crippen LogP contribution in [0.5, 0.6) is 5.75 Å². The standard InChI is InChI=1S/C18H15N3O6/c1-11(27-16-7-6-12(10-22)8-15(16)21(25)26)18(24)20-9-17(23)19-13-4-2-3-5-14(13)20/h2-8,10-11H,9H2,1H3,(H,19,23)/t11-/m1/s1. The van der Waals surface area contributed by atoms with Crippen molar-refractivity contribution in [2.75, 3.05) is 16.8 Å². The van der Waals surface area contributed by atoms with Crippen molar-refractivity contribution in [2.24, 2.45) is 0 Å². The molecule has 2 aromatic rings. The van der Waals surface area contributed by atoms with E-state index in [1.54, 1.807) is 24.3 Å². The summed E-state index contributed by atoms with van der Waals surface area (Å²) in [6.45, 7) is 1.25. The molecule has 1 aliphatic heterocycles. The highest BCUT2D eigenvalue weighted by Crippen LogP contribution is 2.31. The van der Waals surface area contributed by atoms with Gasteiger partial charge in [0.15, 0.2) is 11.9 Å². The number of nitrogens with zero attached hydrogens (tertiary/aromatic N) is 2. The average molecular weight is 369 g/mol. The number of anilines is 2. The molecular formula is C18H15N3O6. The Morgan fingerprint density at radius 2 is 2.07 bits per heavy atom. The minimum Gasteiger partial charge on any atom is -0.474 e. The Bertz CT molecular complexity index is 942. The number of amides is 2. The van der Waals surface area contributed by atoms with Crippen LogP contribution in [0.1, 0.15) is 17.3 Å². The van der Waals surface area contributed by atoms with Crippen LogP contribution in [-0.2, 0) is 9.59 Å². The van der Waals surface area contributed by atoms with E-state index < -0.39 is 22.6 Å². The van der Waals surface area contributed by atoms with E-state index in [0.29, 0.717) is 17.7 Å². The quantitative estimate of drug-likeness (QED) is 0.490. The molecule has 9 heteroatoms. The van der Waals surface area contributed by atoms with Crippen molar-refractivity contribution < 1.29 is 24.0 Å². The highest BCUT2D eigenvalue weighted by atomic mass is 16.6. The number of aldehydes is 1.